The van der Waals surface area contributed by atoms with Crippen molar-refractivity contribution in [2.45, 2.75) is 26.3 Å². The predicted molar refractivity (Wildman–Crippen MR) is 70.5 cm³/mol. The molecule has 0 radical (unpaired) electrons. The van der Waals surface area contributed by atoms with Crippen LogP contribution in [0.1, 0.15) is 23.5 Å². The number of nitrogens with one attached hydrogen (secondary N) is 1. The number of nitrogens with zero attached hydrogens (tertiary/aromatic N) is 5. The van der Waals surface area contributed by atoms with Gasteiger partial charge in [-0.1, -0.05) is 12.0 Å². The Morgan fingerprint density at radius 3 is 3.00 bits per heavy atom. The van der Waals surface area contributed by atoms with Crippen LogP contribution in [0.5, 0.6) is 0 Å². The van der Waals surface area contributed by atoms with Crippen LogP contribution in [0, 0.1) is 6.92 Å². The van der Waals surface area contributed by atoms with Gasteiger partial charge in [0.2, 0.25) is 11.9 Å². The number of carbonyl (C=O) groups excluding carboxylic acids is 1. The summed E-state index contributed by atoms with van der Waals surface area (Å²) in [7, 11) is 0. The highest BCUT2D eigenvalue weighted by Gasteiger charge is 2.12. The summed E-state index contributed by atoms with van der Waals surface area (Å²) in [6.45, 7) is 4.51. The second-order valence-electron chi connectivity index (χ2n) is 4.23. The first kappa shape index (κ1) is 13.4. The standard InChI is InChI=1S/C10H15N7OS/c1-6(9-13-7(2)5-19-9)3-12-8(18)4-17-10(11)14-15-16-17/h5-6H,3-4H2,1-2H3,(H,12,18)(H2,11,14,16)/t6-/m0/s1. The average Bonchev–Trinajstić information content (AvgIpc) is 2.96. The van der Waals surface area contributed by atoms with E-state index in [1.165, 1.54) is 4.68 Å². The SMILES string of the molecule is Cc1csc([C@@H](C)CNC(=O)Cn2nnnc2N)n1. The molecular weight excluding hydrogens is 266 g/mol. The van der Waals surface area contributed by atoms with Gasteiger partial charge < -0.3 is 11.1 Å². The lowest BCUT2D eigenvalue weighted by Crippen LogP contribution is -2.31. The maximum atomic E-state index is 11.7. The molecule has 0 saturated carbocycles. The lowest BCUT2D eigenvalue weighted by Gasteiger charge is -2.10. The molecule has 0 spiro atoms. The number of tetrazole rings is 1. The molecule has 0 bridgehead atoms. The number of anilines is 1. The van der Waals surface area contributed by atoms with Crippen molar-refractivity contribution in [3.63, 3.8) is 0 Å². The number of carbonyl (C=O) groups is 1. The first-order valence-corrected chi connectivity index (χ1v) is 6.64. The molecule has 2 heterocycles. The third-order valence-corrected chi connectivity index (χ3v) is 3.71. The predicted octanol–water partition coefficient (Wildman–Crippen LogP) is -0.0599. The molecule has 0 unspecified atom stereocenters. The highest BCUT2D eigenvalue weighted by atomic mass is 32.1. The van der Waals surface area contributed by atoms with Crippen LogP contribution in [-0.2, 0) is 11.3 Å². The topological polar surface area (TPSA) is 112 Å². The number of rotatable bonds is 5. The molecule has 2 aromatic rings. The minimum atomic E-state index is -0.181. The number of hydrogen-bond acceptors (Lipinski definition) is 7. The zero-order chi connectivity index (χ0) is 13.8. The first-order chi connectivity index (χ1) is 9.06. The third-order valence-electron chi connectivity index (χ3n) is 2.52. The van der Waals surface area contributed by atoms with Crippen LogP contribution in [0.15, 0.2) is 5.38 Å². The van der Waals surface area contributed by atoms with Crippen LogP contribution in [0.4, 0.5) is 5.95 Å². The van der Waals surface area contributed by atoms with Crippen molar-refractivity contribution in [3.8, 4) is 0 Å². The van der Waals surface area contributed by atoms with Gasteiger partial charge in [-0.2, -0.15) is 0 Å². The van der Waals surface area contributed by atoms with Crippen molar-refractivity contribution in [1.29, 1.82) is 0 Å². The first-order valence-electron chi connectivity index (χ1n) is 5.76. The highest BCUT2D eigenvalue weighted by Crippen LogP contribution is 2.18. The van der Waals surface area contributed by atoms with Gasteiger partial charge in [-0.05, 0) is 17.4 Å². The lowest BCUT2D eigenvalue weighted by molar-refractivity contribution is -0.121. The smallest absolute Gasteiger partial charge is 0.241 e. The van der Waals surface area contributed by atoms with Gasteiger partial charge in [-0.15, -0.1) is 11.3 Å². The van der Waals surface area contributed by atoms with Gasteiger partial charge in [-0.3, -0.25) is 4.79 Å². The lowest BCUT2D eigenvalue weighted by atomic mass is 10.2. The van der Waals surface area contributed by atoms with Crippen LogP contribution < -0.4 is 11.1 Å². The zero-order valence-corrected chi connectivity index (χ0v) is 11.5. The Hall–Kier alpha value is -2.03. The largest absolute Gasteiger partial charge is 0.367 e. The van der Waals surface area contributed by atoms with Gasteiger partial charge in [0.15, 0.2) is 0 Å². The van der Waals surface area contributed by atoms with Gasteiger partial charge in [0.1, 0.15) is 6.54 Å². The van der Waals surface area contributed by atoms with Gasteiger partial charge in [-0.25, -0.2) is 9.67 Å². The van der Waals surface area contributed by atoms with Crippen LogP contribution in [0.3, 0.4) is 0 Å². The summed E-state index contributed by atoms with van der Waals surface area (Å²) in [4.78, 5) is 16.1. The summed E-state index contributed by atoms with van der Waals surface area (Å²) in [5.41, 5.74) is 6.48. The summed E-state index contributed by atoms with van der Waals surface area (Å²) in [5.74, 6) is 0.117. The van der Waals surface area contributed by atoms with Gasteiger partial charge in [0.05, 0.1) is 5.01 Å². The molecule has 0 aliphatic heterocycles. The molecule has 1 amide bonds. The Morgan fingerprint density at radius 1 is 1.63 bits per heavy atom. The number of nitrogen functional groups attached to an aromatic ring is 1. The Balaban J connectivity index is 1.82. The molecule has 19 heavy (non-hydrogen) atoms. The summed E-state index contributed by atoms with van der Waals surface area (Å²) in [6, 6.07) is 0. The maximum absolute atomic E-state index is 11.7. The number of nitrogens with two attached hydrogens (primary N) is 1. The monoisotopic (exact) mass is 281 g/mol. The quantitative estimate of drug-likeness (QED) is 0.794. The molecule has 2 aromatic heterocycles. The van der Waals surface area contributed by atoms with Gasteiger partial charge >= 0.3 is 0 Å². The van der Waals surface area contributed by atoms with E-state index in [-0.39, 0.29) is 24.3 Å². The second-order valence-corrected chi connectivity index (χ2v) is 5.12. The summed E-state index contributed by atoms with van der Waals surface area (Å²) < 4.78 is 1.24. The fourth-order valence-electron chi connectivity index (χ4n) is 1.47. The van der Waals surface area contributed by atoms with Crippen molar-refractivity contribution in [2.24, 2.45) is 0 Å². The molecule has 1 atom stereocenters. The van der Waals surface area contributed by atoms with Gasteiger partial charge in [0, 0.05) is 23.5 Å². The number of amides is 1. The molecule has 0 saturated heterocycles. The van der Waals surface area contributed by atoms with Crippen LogP contribution in [0.2, 0.25) is 0 Å². The molecule has 0 fully saturated rings. The van der Waals surface area contributed by atoms with Crippen LogP contribution in [-0.4, -0.2) is 37.6 Å². The zero-order valence-electron chi connectivity index (χ0n) is 10.7. The third kappa shape index (κ3) is 3.47. The Bertz CT molecular complexity index is 564. The molecular formula is C10H15N7OS. The van der Waals surface area contributed by atoms with Crippen molar-refractivity contribution < 1.29 is 4.79 Å². The maximum Gasteiger partial charge on any atom is 0.241 e. The minimum absolute atomic E-state index is 0.0163. The summed E-state index contributed by atoms with van der Waals surface area (Å²) in [5, 5.41) is 16.3. The molecule has 3 N–H and O–H groups in total. The summed E-state index contributed by atoms with van der Waals surface area (Å²) in [6.07, 6.45) is 0. The van der Waals surface area contributed by atoms with E-state index in [0.717, 1.165) is 10.7 Å². The minimum Gasteiger partial charge on any atom is -0.367 e. The van der Waals surface area contributed by atoms with Crippen molar-refractivity contribution in [1.82, 2.24) is 30.5 Å². The van der Waals surface area contributed by atoms with E-state index in [4.69, 9.17) is 5.73 Å². The van der Waals surface area contributed by atoms with E-state index >= 15 is 0 Å². The van der Waals surface area contributed by atoms with E-state index in [1.807, 2.05) is 19.2 Å². The van der Waals surface area contributed by atoms with Crippen molar-refractivity contribution in [2.75, 3.05) is 12.3 Å². The molecule has 0 aliphatic carbocycles. The van der Waals surface area contributed by atoms with Crippen molar-refractivity contribution in [3.05, 3.63) is 16.1 Å². The highest BCUT2D eigenvalue weighted by molar-refractivity contribution is 7.09. The Kier molecular flexibility index (Phi) is 4.05. The summed E-state index contributed by atoms with van der Waals surface area (Å²) >= 11 is 1.60. The van der Waals surface area contributed by atoms with Gasteiger partial charge in [0.25, 0.3) is 0 Å². The Morgan fingerprint density at radius 2 is 2.42 bits per heavy atom. The molecule has 0 aromatic carbocycles. The molecule has 8 nitrogen and oxygen atoms in total. The van der Waals surface area contributed by atoms with E-state index < -0.39 is 0 Å². The number of aryl methyl sites for hydroxylation is 1. The number of thiazole rings is 1. The Labute approximate surface area is 114 Å². The fraction of sp³-hybridized carbons (Fsp3) is 0.500. The second kappa shape index (κ2) is 5.74. The number of hydrogen-bond donors (Lipinski definition) is 2. The fourth-order valence-corrected chi connectivity index (χ4v) is 2.33. The normalized spacial score (nSPS) is 12.3. The molecule has 9 heteroatoms. The van der Waals surface area contributed by atoms with Crippen LogP contribution >= 0.6 is 11.3 Å². The van der Waals surface area contributed by atoms with Crippen molar-refractivity contribution >= 4 is 23.2 Å². The molecule has 102 valence electrons. The number of aromatic nitrogens is 5. The van der Waals surface area contributed by atoms with E-state index in [2.05, 4.69) is 25.8 Å². The van der Waals surface area contributed by atoms with E-state index in [9.17, 15) is 4.79 Å². The van der Waals surface area contributed by atoms with E-state index in [1.54, 1.807) is 11.3 Å². The average molecular weight is 281 g/mol. The molecule has 2 rings (SSSR count). The van der Waals surface area contributed by atoms with E-state index in [0.29, 0.717) is 6.54 Å². The van der Waals surface area contributed by atoms with Crippen LogP contribution in [0.25, 0.3) is 0 Å². The molecule has 0 aliphatic rings.